The zero-order valence-corrected chi connectivity index (χ0v) is 19.0. The number of methoxy groups -OCH3 is 2. The summed E-state index contributed by atoms with van der Waals surface area (Å²) in [6.07, 6.45) is 0. The Morgan fingerprint density at radius 3 is 2.47 bits per heavy atom. The Kier molecular flexibility index (Phi) is 7.35. The average Bonchev–Trinajstić information content (AvgIpc) is 3.22. The van der Waals surface area contributed by atoms with E-state index in [2.05, 4.69) is 10.2 Å². The number of hydrogen-bond donors (Lipinski definition) is 1. The van der Waals surface area contributed by atoms with Gasteiger partial charge in [0.15, 0.2) is 0 Å². The molecule has 2 aromatic rings. The summed E-state index contributed by atoms with van der Waals surface area (Å²) in [4.78, 5) is 14.1. The van der Waals surface area contributed by atoms with Crippen LogP contribution in [0.25, 0.3) is 0 Å². The minimum absolute atomic E-state index is 0.142. The predicted molar refractivity (Wildman–Crippen MR) is 115 cm³/mol. The minimum Gasteiger partial charge on any atom is -0.497 e. The first-order valence-electron chi connectivity index (χ1n) is 9.60. The zero-order chi connectivity index (χ0) is 21.7. The van der Waals surface area contributed by atoms with Gasteiger partial charge in [-0.1, -0.05) is 0 Å². The second-order valence-electron chi connectivity index (χ2n) is 6.99. The highest BCUT2D eigenvalue weighted by atomic mass is 32.2. The maximum atomic E-state index is 13.0. The number of benzene rings is 1. The van der Waals surface area contributed by atoms with E-state index in [1.54, 1.807) is 26.4 Å². The first kappa shape index (κ1) is 22.5. The summed E-state index contributed by atoms with van der Waals surface area (Å²) in [6.45, 7) is 4.54. The van der Waals surface area contributed by atoms with Crippen LogP contribution in [0.2, 0.25) is 0 Å². The summed E-state index contributed by atoms with van der Waals surface area (Å²) in [5.74, 6) is 1.41. The van der Waals surface area contributed by atoms with Crippen LogP contribution in [0.4, 0.5) is 0 Å². The standard InChI is InChI=1S/C20H27N3O5S2/c1-15(24)21-13-18-5-7-20(29-18)30(25,26)23-10-8-22(9-11-23)14-16-12-17(27-2)4-6-19(16)28-3/h4-7,12H,8-11,13-14H2,1-3H3,(H,21,24). The van der Waals surface area contributed by atoms with E-state index in [-0.39, 0.29) is 5.91 Å². The van der Waals surface area contributed by atoms with E-state index >= 15 is 0 Å². The molecule has 1 amide bonds. The van der Waals surface area contributed by atoms with Crippen LogP contribution < -0.4 is 14.8 Å². The van der Waals surface area contributed by atoms with Gasteiger partial charge in [0.25, 0.3) is 10.0 Å². The smallest absolute Gasteiger partial charge is 0.252 e. The molecule has 1 aliphatic heterocycles. The van der Waals surface area contributed by atoms with Crippen LogP contribution in [-0.4, -0.2) is 63.9 Å². The Bertz CT molecular complexity index is 982. The van der Waals surface area contributed by atoms with Gasteiger partial charge in [0, 0.05) is 50.1 Å². The van der Waals surface area contributed by atoms with Crippen molar-refractivity contribution in [1.29, 1.82) is 0 Å². The molecule has 1 aliphatic rings. The van der Waals surface area contributed by atoms with E-state index in [1.165, 1.54) is 22.6 Å². The molecule has 0 saturated carbocycles. The van der Waals surface area contributed by atoms with Gasteiger partial charge in [-0.25, -0.2) is 8.42 Å². The predicted octanol–water partition coefficient (Wildman–Crippen LogP) is 1.91. The lowest BCUT2D eigenvalue weighted by molar-refractivity contribution is -0.119. The fourth-order valence-electron chi connectivity index (χ4n) is 3.31. The molecule has 1 N–H and O–H groups in total. The van der Waals surface area contributed by atoms with Gasteiger partial charge >= 0.3 is 0 Å². The molecule has 0 spiro atoms. The monoisotopic (exact) mass is 453 g/mol. The van der Waals surface area contributed by atoms with Crippen molar-refractivity contribution in [3.8, 4) is 11.5 Å². The number of nitrogens with zero attached hydrogens (tertiary/aromatic N) is 2. The molecule has 8 nitrogen and oxygen atoms in total. The lowest BCUT2D eigenvalue weighted by Gasteiger charge is -2.34. The molecule has 0 atom stereocenters. The fourth-order valence-corrected chi connectivity index (χ4v) is 6.18. The van der Waals surface area contributed by atoms with Crippen molar-refractivity contribution in [2.24, 2.45) is 0 Å². The number of carbonyl (C=O) groups is 1. The number of ether oxygens (including phenoxy) is 2. The Morgan fingerprint density at radius 1 is 1.10 bits per heavy atom. The summed E-state index contributed by atoms with van der Waals surface area (Å²) >= 11 is 1.20. The van der Waals surface area contributed by atoms with Crippen molar-refractivity contribution in [2.75, 3.05) is 40.4 Å². The van der Waals surface area contributed by atoms with Crippen LogP contribution in [0, 0.1) is 0 Å². The number of sulfonamides is 1. The molecule has 1 saturated heterocycles. The van der Waals surface area contributed by atoms with E-state index in [4.69, 9.17) is 9.47 Å². The minimum atomic E-state index is -3.53. The average molecular weight is 454 g/mol. The zero-order valence-electron chi connectivity index (χ0n) is 17.4. The van der Waals surface area contributed by atoms with Gasteiger partial charge in [-0.15, -0.1) is 11.3 Å². The number of hydrogen-bond acceptors (Lipinski definition) is 7. The third-order valence-electron chi connectivity index (χ3n) is 4.96. The van der Waals surface area contributed by atoms with Crippen molar-refractivity contribution in [1.82, 2.24) is 14.5 Å². The van der Waals surface area contributed by atoms with E-state index in [0.29, 0.717) is 43.5 Å². The Morgan fingerprint density at radius 2 is 1.83 bits per heavy atom. The van der Waals surface area contributed by atoms with E-state index in [1.807, 2.05) is 18.2 Å². The third-order valence-corrected chi connectivity index (χ3v) is 8.41. The summed E-state index contributed by atoms with van der Waals surface area (Å²) in [5, 5.41) is 2.69. The third kappa shape index (κ3) is 5.31. The van der Waals surface area contributed by atoms with E-state index < -0.39 is 10.0 Å². The molecular weight excluding hydrogens is 426 g/mol. The lowest BCUT2D eigenvalue weighted by atomic mass is 10.1. The fraction of sp³-hybridized carbons (Fsp3) is 0.450. The largest absolute Gasteiger partial charge is 0.497 e. The molecule has 1 aromatic carbocycles. The number of carbonyl (C=O) groups excluding carboxylic acids is 1. The van der Waals surface area contributed by atoms with Gasteiger partial charge < -0.3 is 14.8 Å². The molecule has 1 fully saturated rings. The number of rotatable bonds is 8. The molecule has 0 aliphatic carbocycles. The molecule has 0 bridgehead atoms. The highest BCUT2D eigenvalue weighted by Crippen LogP contribution is 2.28. The van der Waals surface area contributed by atoms with Crippen molar-refractivity contribution in [3.63, 3.8) is 0 Å². The molecule has 30 heavy (non-hydrogen) atoms. The molecule has 3 rings (SSSR count). The Balaban J connectivity index is 1.62. The van der Waals surface area contributed by atoms with Gasteiger partial charge in [-0.3, -0.25) is 9.69 Å². The Hall–Kier alpha value is -2.14. The summed E-state index contributed by atoms with van der Waals surface area (Å²) in [7, 11) is -0.269. The summed E-state index contributed by atoms with van der Waals surface area (Å²) < 4.78 is 38.5. The van der Waals surface area contributed by atoms with Crippen molar-refractivity contribution in [3.05, 3.63) is 40.8 Å². The van der Waals surface area contributed by atoms with Gasteiger partial charge in [-0.2, -0.15) is 4.31 Å². The maximum Gasteiger partial charge on any atom is 0.252 e. The number of thiophene rings is 1. The lowest BCUT2D eigenvalue weighted by Crippen LogP contribution is -2.48. The molecular formula is C20H27N3O5S2. The van der Waals surface area contributed by atoms with Gasteiger partial charge in [0.2, 0.25) is 5.91 Å². The van der Waals surface area contributed by atoms with Crippen LogP contribution in [0.15, 0.2) is 34.5 Å². The molecule has 164 valence electrons. The summed E-state index contributed by atoms with van der Waals surface area (Å²) in [6, 6.07) is 9.05. The van der Waals surface area contributed by atoms with Crippen LogP contribution in [0.3, 0.4) is 0 Å². The van der Waals surface area contributed by atoms with Crippen LogP contribution in [-0.2, 0) is 27.9 Å². The number of amides is 1. The Labute approximate surface area is 181 Å². The normalized spacial score (nSPS) is 15.7. The van der Waals surface area contributed by atoms with E-state index in [9.17, 15) is 13.2 Å². The second-order valence-corrected chi connectivity index (χ2v) is 10.3. The number of piperazine rings is 1. The molecule has 1 aromatic heterocycles. The SMILES string of the molecule is COc1ccc(OC)c(CN2CCN(S(=O)(=O)c3ccc(CNC(C)=O)s3)CC2)c1. The number of nitrogens with one attached hydrogen (secondary N) is 1. The first-order valence-corrected chi connectivity index (χ1v) is 11.9. The highest BCUT2D eigenvalue weighted by molar-refractivity contribution is 7.91. The van der Waals surface area contributed by atoms with E-state index in [0.717, 1.165) is 21.9 Å². The molecule has 0 unspecified atom stereocenters. The second kappa shape index (κ2) is 9.78. The van der Waals surface area contributed by atoms with Gasteiger partial charge in [0.05, 0.1) is 20.8 Å². The van der Waals surface area contributed by atoms with Crippen LogP contribution in [0.1, 0.15) is 17.4 Å². The quantitative estimate of drug-likeness (QED) is 0.657. The van der Waals surface area contributed by atoms with Crippen molar-refractivity contribution in [2.45, 2.75) is 24.2 Å². The molecule has 2 heterocycles. The van der Waals surface area contributed by atoms with Gasteiger partial charge in [-0.05, 0) is 30.3 Å². The van der Waals surface area contributed by atoms with Gasteiger partial charge in [0.1, 0.15) is 15.7 Å². The first-order chi connectivity index (χ1) is 14.3. The topological polar surface area (TPSA) is 88.2 Å². The van der Waals surface area contributed by atoms with Crippen LogP contribution in [0.5, 0.6) is 11.5 Å². The maximum absolute atomic E-state index is 13.0. The van der Waals surface area contributed by atoms with Crippen LogP contribution >= 0.6 is 11.3 Å². The molecule has 0 radical (unpaired) electrons. The summed E-state index contributed by atoms with van der Waals surface area (Å²) in [5.41, 5.74) is 1.01. The van der Waals surface area contributed by atoms with Crippen molar-refractivity contribution >= 4 is 27.3 Å². The molecule has 10 heteroatoms. The highest BCUT2D eigenvalue weighted by Gasteiger charge is 2.30. The van der Waals surface area contributed by atoms with Crippen molar-refractivity contribution < 1.29 is 22.7 Å².